The minimum Gasteiger partial charge on any atom is -0.480 e. The van der Waals surface area contributed by atoms with Crippen LogP contribution in [0.4, 0.5) is 0 Å². The van der Waals surface area contributed by atoms with Gasteiger partial charge in [-0.25, -0.2) is 4.52 Å². The van der Waals surface area contributed by atoms with E-state index in [1.54, 1.807) is 19.1 Å². The Morgan fingerprint density at radius 3 is 3.00 bits per heavy atom. The third-order valence-corrected chi connectivity index (χ3v) is 2.23. The SMILES string of the molecule is Cc1nnn2c(C(N)C(=O)O)cccc12. The number of nitrogens with two attached hydrogens (primary N) is 1. The molecule has 2 aromatic rings. The Balaban J connectivity index is 2.66. The number of aryl methyl sites for hydroxylation is 1. The molecule has 2 rings (SSSR count). The van der Waals surface area contributed by atoms with Gasteiger partial charge in [0.15, 0.2) is 0 Å². The van der Waals surface area contributed by atoms with Crippen molar-refractivity contribution in [3.63, 3.8) is 0 Å². The summed E-state index contributed by atoms with van der Waals surface area (Å²) in [6.07, 6.45) is 0. The van der Waals surface area contributed by atoms with Gasteiger partial charge < -0.3 is 10.8 Å². The second-order valence-electron chi connectivity index (χ2n) is 3.24. The molecular weight excluding hydrogens is 196 g/mol. The van der Waals surface area contributed by atoms with Crippen LogP contribution < -0.4 is 5.73 Å². The van der Waals surface area contributed by atoms with Crippen LogP contribution in [0.3, 0.4) is 0 Å². The van der Waals surface area contributed by atoms with E-state index in [0.717, 1.165) is 11.2 Å². The number of nitrogens with zero attached hydrogens (tertiary/aromatic N) is 3. The molecule has 0 aliphatic heterocycles. The highest BCUT2D eigenvalue weighted by Crippen LogP contribution is 2.14. The summed E-state index contributed by atoms with van der Waals surface area (Å²) < 4.78 is 1.45. The van der Waals surface area contributed by atoms with E-state index in [-0.39, 0.29) is 0 Å². The van der Waals surface area contributed by atoms with E-state index >= 15 is 0 Å². The molecule has 6 heteroatoms. The molecule has 78 valence electrons. The molecule has 2 aromatic heterocycles. The maximum atomic E-state index is 10.8. The molecule has 1 atom stereocenters. The topological polar surface area (TPSA) is 93.5 Å². The Morgan fingerprint density at radius 2 is 2.33 bits per heavy atom. The number of hydrogen-bond donors (Lipinski definition) is 2. The zero-order chi connectivity index (χ0) is 11.0. The Kier molecular flexibility index (Phi) is 2.12. The molecule has 0 saturated heterocycles. The number of rotatable bonds is 2. The number of fused-ring (bicyclic) bond motifs is 1. The van der Waals surface area contributed by atoms with Crippen molar-refractivity contribution >= 4 is 11.5 Å². The smallest absolute Gasteiger partial charge is 0.326 e. The maximum absolute atomic E-state index is 10.8. The fourth-order valence-corrected chi connectivity index (χ4v) is 1.42. The third kappa shape index (κ3) is 1.44. The molecule has 0 bridgehead atoms. The minimum atomic E-state index is -1.09. The van der Waals surface area contributed by atoms with Gasteiger partial charge in [0.25, 0.3) is 0 Å². The predicted molar refractivity (Wildman–Crippen MR) is 52.3 cm³/mol. The van der Waals surface area contributed by atoms with Crippen molar-refractivity contribution in [1.29, 1.82) is 0 Å². The highest BCUT2D eigenvalue weighted by Gasteiger charge is 2.18. The summed E-state index contributed by atoms with van der Waals surface area (Å²) in [6, 6.07) is 4.09. The first-order valence-corrected chi connectivity index (χ1v) is 4.40. The number of hydrogen-bond acceptors (Lipinski definition) is 4. The molecule has 0 spiro atoms. The molecule has 3 N–H and O–H groups in total. The first kappa shape index (κ1) is 9.60. The first-order chi connectivity index (χ1) is 7.11. The summed E-state index contributed by atoms with van der Waals surface area (Å²) in [4.78, 5) is 10.8. The fraction of sp³-hybridized carbons (Fsp3) is 0.222. The van der Waals surface area contributed by atoms with Crippen LogP contribution in [-0.4, -0.2) is 25.9 Å². The van der Waals surface area contributed by atoms with E-state index < -0.39 is 12.0 Å². The summed E-state index contributed by atoms with van der Waals surface area (Å²) in [5.74, 6) is -1.09. The van der Waals surface area contributed by atoms with Crippen molar-refractivity contribution in [2.75, 3.05) is 0 Å². The molecule has 0 aromatic carbocycles. The van der Waals surface area contributed by atoms with Crippen molar-refractivity contribution < 1.29 is 9.90 Å². The summed E-state index contributed by atoms with van der Waals surface area (Å²) >= 11 is 0. The van der Waals surface area contributed by atoms with Crippen LogP contribution in [0, 0.1) is 6.92 Å². The van der Waals surface area contributed by atoms with Gasteiger partial charge in [-0.2, -0.15) is 0 Å². The van der Waals surface area contributed by atoms with E-state index in [4.69, 9.17) is 10.8 Å². The van der Waals surface area contributed by atoms with Crippen molar-refractivity contribution in [2.24, 2.45) is 5.73 Å². The molecule has 0 amide bonds. The molecule has 15 heavy (non-hydrogen) atoms. The number of pyridine rings is 1. The summed E-state index contributed by atoms with van der Waals surface area (Å²) in [7, 11) is 0. The lowest BCUT2D eigenvalue weighted by atomic mass is 10.2. The number of aliphatic carboxylic acids is 1. The highest BCUT2D eigenvalue weighted by molar-refractivity contribution is 5.75. The number of carboxylic acid groups (broad SMARTS) is 1. The Bertz CT molecular complexity index is 520. The van der Waals surface area contributed by atoms with Crippen LogP contribution in [0.2, 0.25) is 0 Å². The van der Waals surface area contributed by atoms with Gasteiger partial charge in [-0.3, -0.25) is 4.79 Å². The third-order valence-electron chi connectivity index (χ3n) is 2.23. The van der Waals surface area contributed by atoms with E-state index in [1.165, 1.54) is 4.52 Å². The summed E-state index contributed by atoms with van der Waals surface area (Å²) in [5.41, 5.74) is 7.45. The Labute approximate surface area is 85.3 Å². The van der Waals surface area contributed by atoms with Gasteiger partial charge in [-0.15, -0.1) is 5.10 Å². The van der Waals surface area contributed by atoms with Gasteiger partial charge in [0.05, 0.1) is 16.9 Å². The molecule has 1 unspecified atom stereocenters. The number of carboxylic acids is 1. The van der Waals surface area contributed by atoms with Crippen LogP contribution in [0.25, 0.3) is 5.52 Å². The van der Waals surface area contributed by atoms with E-state index in [9.17, 15) is 4.79 Å². The average molecular weight is 206 g/mol. The van der Waals surface area contributed by atoms with Crippen molar-refractivity contribution in [3.05, 3.63) is 29.6 Å². The van der Waals surface area contributed by atoms with Gasteiger partial charge in [0.1, 0.15) is 6.04 Å². The summed E-state index contributed by atoms with van der Waals surface area (Å²) in [6.45, 7) is 1.80. The number of aromatic nitrogens is 3. The van der Waals surface area contributed by atoms with Crippen LogP contribution in [0.5, 0.6) is 0 Å². The van der Waals surface area contributed by atoms with Crippen molar-refractivity contribution in [3.8, 4) is 0 Å². The van der Waals surface area contributed by atoms with Gasteiger partial charge in [-0.05, 0) is 19.1 Å². The quantitative estimate of drug-likeness (QED) is 0.728. The van der Waals surface area contributed by atoms with Crippen LogP contribution in [0.1, 0.15) is 17.4 Å². The molecule has 0 saturated carbocycles. The van der Waals surface area contributed by atoms with Crippen molar-refractivity contribution in [1.82, 2.24) is 14.8 Å². The normalized spacial score (nSPS) is 12.9. The molecule has 0 aliphatic rings. The van der Waals surface area contributed by atoms with Crippen LogP contribution in [0.15, 0.2) is 18.2 Å². The Morgan fingerprint density at radius 1 is 1.60 bits per heavy atom. The zero-order valence-corrected chi connectivity index (χ0v) is 8.08. The number of carbonyl (C=O) groups is 1. The monoisotopic (exact) mass is 206 g/mol. The lowest BCUT2D eigenvalue weighted by molar-refractivity contribution is -0.138. The molecule has 0 fully saturated rings. The summed E-state index contributed by atoms with van der Waals surface area (Å²) in [5, 5.41) is 16.5. The molecule has 2 heterocycles. The first-order valence-electron chi connectivity index (χ1n) is 4.40. The van der Waals surface area contributed by atoms with E-state index in [0.29, 0.717) is 5.69 Å². The maximum Gasteiger partial charge on any atom is 0.326 e. The van der Waals surface area contributed by atoms with Gasteiger partial charge in [0.2, 0.25) is 0 Å². The largest absolute Gasteiger partial charge is 0.480 e. The van der Waals surface area contributed by atoms with Gasteiger partial charge in [-0.1, -0.05) is 11.3 Å². The Hall–Kier alpha value is -1.95. The lowest BCUT2D eigenvalue weighted by Gasteiger charge is -2.07. The molecule has 6 nitrogen and oxygen atoms in total. The molecule has 0 aliphatic carbocycles. The second kappa shape index (κ2) is 3.32. The van der Waals surface area contributed by atoms with Gasteiger partial charge >= 0.3 is 5.97 Å². The van der Waals surface area contributed by atoms with E-state index in [1.807, 2.05) is 6.07 Å². The fourth-order valence-electron chi connectivity index (χ4n) is 1.42. The second-order valence-corrected chi connectivity index (χ2v) is 3.24. The molecular formula is C9H10N4O2. The average Bonchev–Trinajstić information content (AvgIpc) is 2.59. The van der Waals surface area contributed by atoms with Gasteiger partial charge in [0, 0.05) is 0 Å². The molecule has 0 radical (unpaired) electrons. The predicted octanol–water partition coefficient (Wildman–Crippen LogP) is 0.122. The van der Waals surface area contributed by atoms with E-state index in [2.05, 4.69) is 10.3 Å². The van der Waals surface area contributed by atoms with Crippen molar-refractivity contribution in [2.45, 2.75) is 13.0 Å². The van der Waals surface area contributed by atoms with Crippen LogP contribution in [-0.2, 0) is 4.79 Å². The standard InChI is InChI=1S/C9H10N4O2/c1-5-6-3-2-4-7(8(10)9(14)15)13(6)12-11-5/h2-4,8H,10H2,1H3,(H,14,15). The lowest BCUT2D eigenvalue weighted by Crippen LogP contribution is -2.23. The zero-order valence-electron chi connectivity index (χ0n) is 8.08. The minimum absolute atomic E-state index is 0.417. The highest BCUT2D eigenvalue weighted by atomic mass is 16.4. The van der Waals surface area contributed by atoms with Crippen LogP contribution >= 0.6 is 0 Å².